The van der Waals surface area contributed by atoms with Crippen molar-refractivity contribution in [1.82, 2.24) is 10.3 Å². The number of carbonyl (C=O) groups excluding carboxylic acids is 2. The summed E-state index contributed by atoms with van der Waals surface area (Å²) in [5, 5.41) is 4.06. The molecule has 0 atom stereocenters. The molecule has 8 nitrogen and oxygen atoms in total. The van der Waals surface area contributed by atoms with Gasteiger partial charge in [-0.05, 0) is 74.2 Å². The van der Waals surface area contributed by atoms with E-state index in [1.807, 2.05) is 0 Å². The van der Waals surface area contributed by atoms with Gasteiger partial charge in [0.2, 0.25) is 0 Å². The molecule has 1 N–H and O–H groups in total. The molecular formula is C29H27Cl2N3O5S. The molecule has 0 radical (unpaired) electrons. The molecule has 0 aliphatic heterocycles. The number of carbonyl (C=O) groups is 2. The highest BCUT2D eigenvalue weighted by Crippen LogP contribution is 2.34. The monoisotopic (exact) mass is 599 g/mol. The summed E-state index contributed by atoms with van der Waals surface area (Å²) >= 11 is 12.2. The van der Waals surface area contributed by atoms with Crippen LogP contribution in [0.15, 0.2) is 84.0 Å². The first-order valence-electron chi connectivity index (χ1n) is 12.2. The average molecular weight is 601 g/mol. The Bertz CT molecular complexity index is 1650. The number of benzene rings is 3. The zero-order valence-electron chi connectivity index (χ0n) is 22.0. The Hall–Kier alpha value is -3.66. The minimum atomic E-state index is -4.36. The largest absolute Gasteiger partial charge is 0.459 e. The summed E-state index contributed by atoms with van der Waals surface area (Å²) in [6, 6.07) is 17.4. The number of anilines is 1. The van der Waals surface area contributed by atoms with E-state index in [0.717, 1.165) is 9.87 Å². The Balaban J connectivity index is 1.80. The number of pyridine rings is 1. The van der Waals surface area contributed by atoms with Gasteiger partial charge in [-0.3, -0.25) is 18.9 Å². The normalized spacial score (nSPS) is 11.7. The van der Waals surface area contributed by atoms with Crippen LogP contribution in [0.5, 0.6) is 0 Å². The Labute approximate surface area is 242 Å². The molecule has 0 saturated carbocycles. The predicted octanol–water partition coefficient (Wildman–Crippen LogP) is 6.01. The number of amides is 1. The SMILES string of the molecule is CC(C)(C)OC(=O)CN(c1cccc2c(C(=O)NCc3ccncc3)cccc12)S(=O)(=O)c1cc(Cl)cc(Cl)c1. The molecule has 0 unspecified atom stereocenters. The molecule has 40 heavy (non-hydrogen) atoms. The molecule has 0 aliphatic rings. The van der Waals surface area contributed by atoms with Gasteiger partial charge in [-0.25, -0.2) is 8.42 Å². The van der Waals surface area contributed by atoms with Gasteiger partial charge >= 0.3 is 5.97 Å². The Kier molecular flexibility index (Phi) is 8.68. The fourth-order valence-corrected chi connectivity index (χ4v) is 6.24. The lowest BCUT2D eigenvalue weighted by Crippen LogP contribution is -2.39. The van der Waals surface area contributed by atoms with Gasteiger partial charge in [-0.15, -0.1) is 0 Å². The van der Waals surface area contributed by atoms with E-state index in [9.17, 15) is 18.0 Å². The van der Waals surface area contributed by atoms with Crippen molar-refractivity contribution in [2.45, 2.75) is 37.8 Å². The molecule has 1 heterocycles. The summed E-state index contributed by atoms with van der Waals surface area (Å²) in [6.45, 7) is 4.73. The zero-order valence-corrected chi connectivity index (χ0v) is 24.3. The van der Waals surface area contributed by atoms with E-state index in [4.69, 9.17) is 27.9 Å². The van der Waals surface area contributed by atoms with Crippen LogP contribution in [-0.2, 0) is 26.1 Å². The Morgan fingerprint density at radius 3 is 2.20 bits per heavy atom. The second-order valence-corrected chi connectivity index (χ2v) is 12.7. The number of hydrogen-bond acceptors (Lipinski definition) is 6. The number of rotatable bonds is 8. The predicted molar refractivity (Wildman–Crippen MR) is 156 cm³/mol. The zero-order chi connectivity index (χ0) is 29.1. The van der Waals surface area contributed by atoms with E-state index in [-0.39, 0.29) is 33.1 Å². The van der Waals surface area contributed by atoms with Crippen LogP contribution in [0.3, 0.4) is 0 Å². The maximum absolute atomic E-state index is 14.0. The molecule has 1 aromatic heterocycles. The molecule has 4 rings (SSSR count). The van der Waals surface area contributed by atoms with Crippen molar-refractivity contribution in [3.8, 4) is 0 Å². The fourth-order valence-electron chi connectivity index (χ4n) is 4.08. The molecule has 11 heteroatoms. The standard InChI is InChI=1S/C29H27Cl2N3O5S/c1-29(2,3)39-27(35)18-34(40(37,38)22-15-20(30)14-21(31)16-22)26-9-5-6-23-24(26)7-4-8-25(23)28(36)33-17-19-10-12-32-13-11-19/h4-16H,17-18H2,1-3H3,(H,33,36). The van der Waals surface area contributed by atoms with Crippen molar-refractivity contribution in [2.75, 3.05) is 10.8 Å². The van der Waals surface area contributed by atoms with E-state index in [1.54, 1.807) is 81.7 Å². The maximum atomic E-state index is 14.0. The van der Waals surface area contributed by atoms with Crippen molar-refractivity contribution in [3.63, 3.8) is 0 Å². The summed E-state index contributed by atoms with van der Waals surface area (Å²) in [6.07, 6.45) is 3.27. The van der Waals surface area contributed by atoms with Crippen LogP contribution >= 0.6 is 23.2 Å². The van der Waals surface area contributed by atoms with Gasteiger partial charge in [-0.1, -0.05) is 47.5 Å². The average Bonchev–Trinajstić information content (AvgIpc) is 2.89. The summed E-state index contributed by atoms with van der Waals surface area (Å²) in [7, 11) is -4.36. The minimum Gasteiger partial charge on any atom is -0.459 e. The summed E-state index contributed by atoms with van der Waals surface area (Å²) in [4.78, 5) is 29.9. The fraction of sp³-hybridized carbons (Fsp3) is 0.207. The molecular weight excluding hydrogens is 573 g/mol. The van der Waals surface area contributed by atoms with E-state index >= 15 is 0 Å². The molecule has 3 aromatic carbocycles. The number of sulfonamides is 1. The lowest BCUT2D eigenvalue weighted by Gasteiger charge is -2.27. The van der Waals surface area contributed by atoms with E-state index < -0.39 is 28.1 Å². The lowest BCUT2D eigenvalue weighted by atomic mass is 10.0. The molecule has 0 aliphatic carbocycles. The van der Waals surface area contributed by atoms with Crippen LogP contribution in [0.25, 0.3) is 10.8 Å². The van der Waals surface area contributed by atoms with Crippen molar-refractivity contribution in [2.24, 2.45) is 0 Å². The van der Waals surface area contributed by atoms with Gasteiger partial charge in [-0.2, -0.15) is 0 Å². The van der Waals surface area contributed by atoms with Crippen LogP contribution in [0.1, 0.15) is 36.7 Å². The van der Waals surface area contributed by atoms with Crippen molar-refractivity contribution in [3.05, 3.63) is 100 Å². The quantitative estimate of drug-likeness (QED) is 0.249. The van der Waals surface area contributed by atoms with E-state index in [1.165, 1.54) is 18.2 Å². The van der Waals surface area contributed by atoms with Gasteiger partial charge in [0, 0.05) is 39.9 Å². The highest BCUT2D eigenvalue weighted by Gasteiger charge is 2.31. The van der Waals surface area contributed by atoms with E-state index in [0.29, 0.717) is 16.3 Å². The molecule has 0 saturated heterocycles. The number of halogens is 2. The van der Waals surface area contributed by atoms with Crippen LogP contribution in [0, 0.1) is 0 Å². The molecule has 0 spiro atoms. The van der Waals surface area contributed by atoms with Crippen molar-refractivity contribution < 1.29 is 22.7 Å². The number of hydrogen-bond donors (Lipinski definition) is 1. The van der Waals surface area contributed by atoms with Crippen molar-refractivity contribution in [1.29, 1.82) is 0 Å². The maximum Gasteiger partial charge on any atom is 0.327 e. The number of aromatic nitrogens is 1. The van der Waals surface area contributed by atoms with E-state index in [2.05, 4.69) is 10.3 Å². The van der Waals surface area contributed by atoms with Crippen molar-refractivity contribution >= 4 is 61.6 Å². The molecule has 0 bridgehead atoms. The first-order chi connectivity index (χ1) is 18.8. The lowest BCUT2D eigenvalue weighted by molar-refractivity contribution is -0.152. The van der Waals surface area contributed by atoms with Crippen LogP contribution in [-0.4, -0.2) is 37.4 Å². The third-order valence-electron chi connectivity index (χ3n) is 5.73. The number of esters is 1. The third kappa shape index (κ3) is 6.91. The van der Waals surface area contributed by atoms with Gasteiger partial charge in [0.1, 0.15) is 12.1 Å². The van der Waals surface area contributed by atoms with Gasteiger partial charge in [0.05, 0.1) is 10.6 Å². The molecule has 1 amide bonds. The third-order valence-corrected chi connectivity index (χ3v) is 7.91. The number of fused-ring (bicyclic) bond motifs is 1. The van der Waals surface area contributed by atoms with Gasteiger partial charge in [0.15, 0.2) is 0 Å². The summed E-state index contributed by atoms with van der Waals surface area (Å²) in [5.74, 6) is -1.10. The van der Waals surface area contributed by atoms with Crippen LogP contribution < -0.4 is 9.62 Å². The topological polar surface area (TPSA) is 106 Å². The highest BCUT2D eigenvalue weighted by molar-refractivity contribution is 7.93. The van der Waals surface area contributed by atoms with Crippen LogP contribution in [0.4, 0.5) is 5.69 Å². The summed E-state index contributed by atoms with van der Waals surface area (Å²) < 4.78 is 34.4. The highest BCUT2D eigenvalue weighted by atomic mass is 35.5. The second kappa shape index (κ2) is 11.8. The number of ether oxygens (including phenoxy) is 1. The number of nitrogens with one attached hydrogen (secondary N) is 1. The first kappa shape index (κ1) is 29.3. The number of nitrogens with zero attached hydrogens (tertiary/aromatic N) is 2. The molecule has 208 valence electrons. The summed E-state index contributed by atoms with van der Waals surface area (Å²) in [5.41, 5.74) is 0.557. The minimum absolute atomic E-state index is 0.120. The Morgan fingerprint density at radius 1 is 0.925 bits per heavy atom. The Morgan fingerprint density at radius 2 is 1.55 bits per heavy atom. The second-order valence-electron chi connectivity index (χ2n) is 9.92. The smallest absolute Gasteiger partial charge is 0.327 e. The van der Waals surface area contributed by atoms with Gasteiger partial charge in [0.25, 0.3) is 15.9 Å². The molecule has 4 aromatic rings. The molecule has 0 fully saturated rings. The van der Waals surface area contributed by atoms with Gasteiger partial charge < -0.3 is 10.1 Å². The van der Waals surface area contributed by atoms with Crippen LogP contribution in [0.2, 0.25) is 10.0 Å². The first-order valence-corrected chi connectivity index (χ1v) is 14.4.